The van der Waals surface area contributed by atoms with E-state index in [1.807, 2.05) is 0 Å². The van der Waals surface area contributed by atoms with Gasteiger partial charge in [-0.3, -0.25) is 15.1 Å². The first-order valence-corrected chi connectivity index (χ1v) is 18.9. The molecule has 2 fully saturated rings. The van der Waals surface area contributed by atoms with Gasteiger partial charge in [0.05, 0.1) is 4.92 Å². The number of benzene rings is 1. The van der Waals surface area contributed by atoms with Gasteiger partial charge in [0.2, 0.25) is 0 Å². The van der Waals surface area contributed by atoms with Gasteiger partial charge in [0.1, 0.15) is 5.75 Å². The van der Waals surface area contributed by atoms with Crippen molar-refractivity contribution in [2.45, 2.75) is 115 Å². The van der Waals surface area contributed by atoms with E-state index in [4.69, 9.17) is 17.0 Å². The molecule has 0 amide bonds. The van der Waals surface area contributed by atoms with E-state index in [2.05, 4.69) is 4.99 Å². The zero-order valence-electron chi connectivity index (χ0n) is 19.6. The van der Waals surface area contributed by atoms with Crippen LogP contribution in [0.15, 0.2) is 17.1 Å². The quantitative estimate of drug-likeness (QED) is 0.221. The first-order chi connectivity index (χ1) is 16.1. The summed E-state index contributed by atoms with van der Waals surface area (Å²) in [5.74, 6) is 0.392. The Balaban J connectivity index is 0.00000122. The number of nitro benzene ring substituents is 1. The van der Waals surface area contributed by atoms with Crippen molar-refractivity contribution in [3.63, 3.8) is 0 Å². The van der Waals surface area contributed by atoms with Crippen molar-refractivity contribution in [2.24, 2.45) is 4.99 Å². The first kappa shape index (κ1) is 28.8. The monoisotopic (exact) mass is 574 g/mol. The van der Waals surface area contributed by atoms with Crippen LogP contribution in [0.1, 0.15) is 120 Å². The number of non-ortho nitro benzene ring substituents is 1. The number of phenols is 1. The summed E-state index contributed by atoms with van der Waals surface area (Å²) in [6.07, 6.45) is 20.7. The normalized spacial score (nSPS) is 19.7. The number of nitro groups is 1. The van der Waals surface area contributed by atoms with Crippen LogP contribution in [0.5, 0.6) is 5.75 Å². The predicted octanol–water partition coefficient (Wildman–Crippen LogP) is 8.82. The van der Waals surface area contributed by atoms with Gasteiger partial charge in [0.15, 0.2) is 0 Å². The van der Waals surface area contributed by atoms with Crippen molar-refractivity contribution in [2.75, 3.05) is 0 Å². The zero-order chi connectivity index (χ0) is 23.9. The van der Waals surface area contributed by atoms with Crippen LogP contribution in [0, 0.1) is 10.1 Å². The van der Waals surface area contributed by atoms with E-state index in [1.54, 1.807) is 12.3 Å². The molecule has 1 aromatic carbocycles. The standard InChI is InChI=1S/C25H38N2O3.2ClH.Zr/c28-25-21(19-26-22-15-11-8-12-16-22)17-23(27(29)30)18-24(25)20-13-9-6-4-2-1-3-5-7-10-14-20;;;/h17-20,22,28H,1-16H2;2*1H;/q;;;+2/p-2. The molecular weight excluding hydrogens is 538 g/mol. The zero-order valence-corrected chi connectivity index (χ0v) is 23.6. The average Bonchev–Trinajstić information content (AvgIpc) is 2.80. The van der Waals surface area contributed by atoms with E-state index >= 15 is 0 Å². The van der Waals surface area contributed by atoms with Crippen molar-refractivity contribution in [1.82, 2.24) is 0 Å². The van der Waals surface area contributed by atoms with Crippen LogP contribution in [-0.2, 0) is 20.8 Å². The first-order valence-electron chi connectivity index (χ1n) is 12.6. The molecule has 0 atom stereocenters. The van der Waals surface area contributed by atoms with Gasteiger partial charge in [0.25, 0.3) is 5.69 Å². The van der Waals surface area contributed by atoms with Crippen molar-refractivity contribution in [3.05, 3.63) is 33.4 Å². The summed E-state index contributed by atoms with van der Waals surface area (Å²) in [5, 5.41) is 22.6. The van der Waals surface area contributed by atoms with Gasteiger partial charge in [0, 0.05) is 35.5 Å². The minimum absolute atomic E-state index is 0.0685. The van der Waals surface area contributed by atoms with E-state index in [0.29, 0.717) is 5.56 Å². The molecule has 33 heavy (non-hydrogen) atoms. The summed E-state index contributed by atoms with van der Waals surface area (Å²) in [6.45, 7) is 0. The predicted molar refractivity (Wildman–Crippen MR) is 134 cm³/mol. The fourth-order valence-corrected chi connectivity index (χ4v) is 5.07. The number of hydrogen-bond acceptors (Lipinski definition) is 4. The molecule has 2 aliphatic carbocycles. The van der Waals surface area contributed by atoms with Gasteiger partial charge in [-0.25, -0.2) is 0 Å². The number of phenolic OH excluding ortho intramolecular Hbond substituents is 1. The summed E-state index contributed by atoms with van der Waals surface area (Å²) in [4.78, 5) is 15.9. The van der Waals surface area contributed by atoms with Gasteiger partial charge in [-0.05, 0) is 31.6 Å². The van der Waals surface area contributed by atoms with Gasteiger partial charge in [-0.1, -0.05) is 77.0 Å². The van der Waals surface area contributed by atoms with E-state index in [-0.39, 0.29) is 28.3 Å². The summed E-state index contributed by atoms with van der Waals surface area (Å²) in [6, 6.07) is 3.38. The second-order valence-electron chi connectivity index (χ2n) is 9.33. The fourth-order valence-electron chi connectivity index (χ4n) is 5.07. The molecule has 0 bridgehead atoms. The fraction of sp³-hybridized carbons (Fsp3) is 0.720. The summed E-state index contributed by atoms with van der Waals surface area (Å²) in [5.41, 5.74) is 1.33. The summed E-state index contributed by atoms with van der Waals surface area (Å²) < 4.78 is 0. The van der Waals surface area contributed by atoms with Gasteiger partial charge >= 0.3 is 37.9 Å². The molecular formula is C25H38Cl2N2O3Zr. The number of rotatable bonds is 4. The van der Waals surface area contributed by atoms with E-state index in [0.717, 1.165) is 44.1 Å². The second-order valence-corrected chi connectivity index (χ2v) is 13.1. The second kappa shape index (κ2) is 17.1. The molecule has 0 spiro atoms. The van der Waals surface area contributed by atoms with E-state index in [9.17, 15) is 15.2 Å². The molecule has 1 N–H and O–H groups in total. The maximum atomic E-state index is 11.6. The van der Waals surface area contributed by atoms with Crippen LogP contribution in [0.3, 0.4) is 0 Å². The molecule has 0 radical (unpaired) electrons. The molecule has 0 aliphatic heterocycles. The molecule has 184 valence electrons. The Hall–Kier alpha value is -0.447. The van der Waals surface area contributed by atoms with Crippen molar-refractivity contribution < 1.29 is 30.9 Å². The minimum atomic E-state index is -0.826. The Morgan fingerprint density at radius 3 is 1.85 bits per heavy atom. The van der Waals surface area contributed by atoms with Crippen LogP contribution in [0.2, 0.25) is 0 Å². The Morgan fingerprint density at radius 2 is 1.33 bits per heavy atom. The van der Waals surface area contributed by atoms with Crippen molar-refractivity contribution >= 4 is 28.9 Å². The number of aliphatic imine (C=N–C) groups is 1. The number of aromatic hydroxyl groups is 1. The Morgan fingerprint density at radius 1 is 0.879 bits per heavy atom. The Labute approximate surface area is 217 Å². The molecule has 2 saturated carbocycles. The summed E-state index contributed by atoms with van der Waals surface area (Å²) >= 11 is -0.826. The van der Waals surface area contributed by atoms with Gasteiger partial charge in [-0.15, -0.1) is 0 Å². The number of hydrogen-bond donors (Lipinski definition) is 1. The third-order valence-electron chi connectivity index (χ3n) is 6.91. The average molecular weight is 577 g/mol. The van der Waals surface area contributed by atoms with Crippen LogP contribution in [0.4, 0.5) is 5.69 Å². The van der Waals surface area contributed by atoms with E-state index < -0.39 is 20.8 Å². The molecule has 3 rings (SSSR count). The van der Waals surface area contributed by atoms with Crippen molar-refractivity contribution in [1.29, 1.82) is 0 Å². The van der Waals surface area contributed by atoms with Crippen LogP contribution < -0.4 is 0 Å². The Bertz CT molecular complexity index is 731. The van der Waals surface area contributed by atoms with Crippen LogP contribution in [-0.4, -0.2) is 22.3 Å². The molecule has 0 unspecified atom stereocenters. The molecule has 0 saturated heterocycles. The SMILES string of the molecule is O=[N+]([O-])c1cc(C=NC2CCCCC2)c(O)c(C2CCCCCCCCCCC2)c1.[Cl][Zr][Cl]. The van der Waals surface area contributed by atoms with E-state index in [1.165, 1.54) is 70.3 Å². The van der Waals surface area contributed by atoms with Gasteiger partial charge in [-0.2, -0.15) is 0 Å². The maximum absolute atomic E-state index is 11.6. The molecule has 0 aromatic heterocycles. The van der Waals surface area contributed by atoms with Gasteiger partial charge < -0.3 is 5.11 Å². The van der Waals surface area contributed by atoms with Crippen LogP contribution in [0.25, 0.3) is 0 Å². The third-order valence-corrected chi connectivity index (χ3v) is 6.91. The topological polar surface area (TPSA) is 75.7 Å². The van der Waals surface area contributed by atoms with Crippen molar-refractivity contribution in [3.8, 4) is 5.75 Å². The number of nitrogens with zero attached hydrogens (tertiary/aromatic N) is 2. The molecule has 2 aliphatic rings. The molecule has 1 aromatic rings. The molecule has 5 nitrogen and oxygen atoms in total. The number of halogens is 2. The molecule has 0 heterocycles. The Kier molecular flexibility index (Phi) is 14.9. The third kappa shape index (κ3) is 10.8. The molecule has 8 heteroatoms. The van der Waals surface area contributed by atoms with Crippen LogP contribution >= 0.6 is 17.0 Å². The summed E-state index contributed by atoms with van der Waals surface area (Å²) in [7, 11) is 9.87.